The van der Waals surface area contributed by atoms with Gasteiger partial charge in [0.15, 0.2) is 0 Å². The van der Waals surface area contributed by atoms with Crippen LogP contribution >= 0.6 is 0 Å². The van der Waals surface area contributed by atoms with E-state index >= 15 is 0 Å². The normalized spacial score (nSPS) is 16.5. The molecule has 3 rings (SSSR count). The number of phenolic OH excluding ortho intramolecular Hbond substituents is 1. The summed E-state index contributed by atoms with van der Waals surface area (Å²) >= 11 is 0. The molecule has 2 aromatic rings. The second-order valence-electron chi connectivity index (χ2n) is 5.30. The number of anilines is 1. The van der Waals surface area contributed by atoms with E-state index in [0.717, 1.165) is 11.3 Å². The molecule has 2 amide bonds. The zero-order valence-electron chi connectivity index (χ0n) is 11.9. The molecular formula is C17H16N2O3. The summed E-state index contributed by atoms with van der Waals surface area (Å²) < 4.78 is 0. The van der Waals surface area contributed by atoms with Gasteiger partial charge in [-0.2, -0.15) is 0 Å². The lowest BCUT2D eigenvalue weighted by Gasteiger charge is -2.25. The van der Waals surface area contributed by atoms with Crippen LogP contribution in [0.25, 0.3) is 0 Å². The number of nitrogens with one attached hydrogen (secondary N) is 2. The number of hydrogen-bond donors (Lipinski definition) is 3. The molecule has 3 N–H and O–H groups in total. The number of hydrogen-bond acceptors (Lipinski definition) is 3. The molecule has 0 spiro atoms. The van der Waals surface area contributed by atoms with Gasteiger partial charge < -0.3 is 15.7 Å². The Kier molecular flexibility index (Phi) is 3.78. The van der Waals surface area contributed by atoms with E-state index in [4.69, 9.17) is 0 Å². The highest BCUT2D eigenvalue weighted by atomic mass is 16.3. The number of aromatic hydroxyl groups is 1. The van der Waals surface area contributed by atoms with Crippen LogP contribution in [-0.4, -0.2) is 23.5 Å². The molecule has 0 saturated heterocycles. The van der Waals surface area contributed by atoms with Gasteiger partial charge in [0.05, 0.1) is 0 Å². The van der Waals surface area contributed by atoms with Gasteiger partial charge in [0.2, 0.25) is 5.91 Å². The Balaban J connectivity index is 1.71. The van der Waals surface area contributed by atoms with Crippen LogP contribution in [0.4, 0.5) is 5.69 Å². The van der Waals surface area contributed by atoms with Gasteiger partial charge in [-0.15, -0.1) is 0 Å². The van der Waals surface area contributed by atoms with Gasteiger partial charge in [0, 0.05) is 30.1 Å². The van der Waals surface area contributed by atoms with Crippen LogP contribution in [-0.2, 0) is 4.79 Å². The number of carbonyl (C=O) groups is 2. The summed E-state index contributed by atoms with van der Waals surface area (Å²) in [6, 6.07) is 13.8. The lowest BCUT2D eigenvalue weighted by atomic mass is 9.90. The Morgan fingerprint density at radius 3 is 2.86 bits per heavy atom. The van der Waals surface area contributed by atoms with Crippen molar-refractivity contribution in [3.63, 3.8) is 0 Å². The Labute approximate surface area is 128 Å². The highest BCUT2D eigenvalue weighted by Gasteiger charge is 2.25. The predicted molar refractivity (Wildman–Crippen MR) is 82.9 cm³/mol. The molecule has 1 heterocycles. The van der Waals surface area contributed by atoms with Crippen molar-refractivity contribution in [2.45, 2.75) is 12.3 Å². The van der Waals surface area contributed by atoms with Gasteiger partial charge in [0.25, 0.3) is 5.91 Å². The SMILES string of the molecule is O=C1CC(CNC(=O)c2cccc(O)c2)c2ccccc2N1. The maximum Gasteiger partial charge on any atom is 0.251 e. The minimum Gasteiger partial charge on any atom is -0.508 e. The van der Waals surface area contributed by atoms with Crippen molar-refractivity contribution in [2.75, 3.05) is 11.9 Å². The van der Waals surface area contributed by atoms with Gasteiger partial charge in [-0.3, -0.25) is 9.59 Å². The lowest BCUT2D eigenvalue weighted by Crippen LogP contribution is -2.33. The predicted octanol–water partition coefficient (Wildman–Crippen LogP) is 2.25. The number of rotatable bonds is 3. The Bertz CT molecular complexity index is 727. The van der Waals surface area contributed by atoms with Crippen LogP contribution in [0.3, 0.4) is 0 Å². The molecule has 1 unspecified atom stereocenters. The molecule has 0 saturated carbocycles. The first-order valence-corrected chi connectivity index (χ1v) is 7.09. The van der Waals surface area contributed by atoms with Gasteiger partial charge in [-0.1, -0.05) is 24.3 Å². The van der Waals surface area contributed by atoms with Crippen molar-refractivity contribution in [3.05, 3.63) is 59.7 Å². The fraction of sp³-hybridized carbons (Fsp3) is 0.176. The summed E-state index contributed by atoms with van der Waals surface area (Å²) in [7, 11) is 0. The fourth-order valence-electron chi connectivity index (χ4n) is 2.65. The Hall–Kier alpha value is -2.82. The van der Waals surface area contributed by atoms with Crippen molar-refractivity contribution in [2.24, 2.45) is 0 Å². The average molecular weight is 296 g/mol. The van der Waals surface area contributed by atoms with E-state index < -0.39 is 0 Å². The number of benzene rings is 2. The first-order chi connectivity index (χ1) is 10.6. The van der Waals surface area contributed by atoms with Crippen LogP contribution in [0.5, 0.6) is 5.75 Å². The molecule has 0 fully saturated rings. The molecule has 1 aliphatic heterocycles. The maximum absolute atomic E-state index is 12.1. The summed E-state index contributed by atoms with van der Waals surface area (Å²) in [5.41, 5.74) is 2.22. The van der Waals surface area contributed by atoms with Crippen molar-refractivity contribution >= 4 is 17.5 Å². The standard InChI is InChI=1S/C17H16N2O3/c20-13-5-3-4-11(8-13)17(22)18-10-12-9-16(21)19-15-7-2-1-6-14(12)15/h1-8,12,20H,9-10H2,(H,18,22)(H,19,21). The highest BCUT2D eigenvalue weighted by molar-refractivity contribution is 5.96. The fourth-order valence-corrected chi connectivity index (χ4v) is 2.65. The summed E-state index contributed by atoms with van der Waals surface area (Å²) in [6.07, 6.45) is 0.345. The third-order valence-electron chi connectivity index (χ3n) is 3.72. The van der Waals surface area contributed by atoms with E-state index in [0.29, 0.717) is 18.5 Å². The van der Waals surface area contributed by atoms with E-state index in [1.165, 1.54) is 12.1 Å². The minimum atomic E-state index is -0.264. The maximum atomic E-state index is 12.1. The first kappa shape index (κ1) is 14.1. The van der Waals surface area contributed by atoms with Gasteiger partial charge in [-0.25, -0.2) is 0 Å². The molecule has 2 aromatic carbocycles. The minimum absolute atomic E-state index is 0.0460. The molecule has 1 aliphatic rings. The largest absolute Gasteiger partial charge is 0.508 e. The Morgan fingerprint density at radius 2 is 2.05 bits per heavy atom. The monoisotopic (exact) mass is 296 g/mol. The van der Waals surface area contributed by atoms with Crippen molar-refractivity contribution in [3.8, 4) is 5.75 Å². The number of amides is 2. The third-order valence-corrected chi connectivity index (χ3v) is 3.72. The van der Waals surface area contributed by atoms with Gasteiger partial charge in [0.1, 0.15) is 5.75 Å². The second kappa shape index (κ2) is 5.89. The molecule has 0 radical (unpaired) electrons. The van der Waals surface area contributed by atoms with Crippen LogP contribution in [0, 0.1) is 0 Å². The van der Waals surface area contributed by atoms with Crippen LogP contribution in [0.2, 0.25) is 0 Å². The van der Waals surface area contributed by atoms with Crippen LogP contribution < -0.4 is 10.6 Å². The smallest absolute Gasteiger partial charge is 0.251 e. The zero-order valence-corrected chi connectivity index (χ0v) is 11.9. The zero-order chi connectivity index (χ0) is 15.5. The lowest BCUT2D eigenvalue weighted by molar-refractivity contribution is -0.116. The summed E-state index contributed by atoms with van der Waals surface area (Å²) in [6.45, 7) is 0.374. The van der Waals surface area contributed by atoms with E-state index in [2.05, 4.69) is 10.6 Å². The summed E-state index contributed by atoms with van der Waals surface area (Å²) in [5, 5.41) is 15.1. The van der Waals surface area contributed by atoms with Crippen molar-refractivity contribution in [1.82, 2.24) is 5.32 Å². The molecule has 5 heteroatoms. The number of phenols is 1. The number of fused-ring (bicyclic) bond motifs is 1. The van der Waals surface area contributed by atoms with Crippen LogP contribution in [0.1, 0.15) is 28.3 Å². The molecule has 0 aromatic heterocycles. The highest BCUT2D eigenvalue weighted by Crippen LogP contribution is 2.31. The molecule has 112 valence electrons. The molecule has 22 heavy (non-hydrogen) atoms. The van der Waals surface area contributed by atoms with Crippen molar-refractivity contribution < 1.29 is 14.7 Å². The summed E-state index contributed by atoms with van der Waals surface area (Å²) in [4.78, 5) is 23.8. The Morgan fingerprint density at radius 1 is 1.23 bits per heavy atom. The molecule has 0 bridgehead atoms. The quantitative estimate of drug-likeness (QED) is 0.813. The van der Waals surface area contributed by atoms with Crippen LogP contribution in [0.15, 0.2) is 48.5 Å². The van der Waals surface area contributed by atoms with E-state index in [1.54, 1.807) is 12.1 Å². The number of carbonyl (C=O) groups excluding carboxylic acids is 2. The molecular weight excluding hydrogens is 280 g/mol. The van der Waals surface area contributed by atoms with E-state index in [-0.39, 0.29) is 23.5 Å². The number of para-hydroxylation sites is 1. The third kappa shape index (κ3) is 2.93. The van der Waals surface area contributed by atoms with Gasteiger partial charge >= 0.3 is 0 Å². The molecule has 0 aliphatic carbocycles. The van der Waals surface area contributed by atoms with Crippen molar-refractivity contribution in [1.29, 1.82) is 0 Å². The van der Waals surface area contributed by atoms with E-state index in [1.807, 2.05) is 24.3 Å². The summed E-state index contributed by atoms with van der Waals surface area (Å²) in [5.74, 6) is -0.309. The average Bonchev–Trinajstić information content (AvgIpc) is 2.52. The topological polar surface area (TPSA) is 78.4 Å². The molecule has 1 atom stereocenters. The first-order valence-electron chi connectivity index (χ1n) is 7.09. The van der Waals surface area contributed by atoms with Gasteiger partial charge in [-0.05, 0) is 29.8 Å². The van der Waals surface area contributed by atoms with E-state index in [9.17, 15) is 14.7 Å². The second-order valence-corrected chi connectivity index (χ2v) is 5.30. The molecule has 5 nitrogen and oxygen atoms in total.